The van der Waals surface area contributed by atoms with Crippen molar-refractivity contribution in [1.82, 2.24) is 0 Å². The molecule has 0 aliphatic carbocycles. The maximum Gasteiger partial charge on any atom is 0.337 e. The largest absolute Gasteiger partial charge is 0.465 e. The van der Waals surface area contributed by atoms with Crippen molar-refractivity contribution < 1.29 is 49.8 Å². The zero-order valence-electron chi connectivity index (χ0n) is 18.5. The molecule has 0 fully saturated rings. The molecular weight excluding hydrogens is 520 g/mol. The number of amides is 2. The first kappa shape index (κ1) is 26.6. The number of benzene rings is 3. The van der Waals surface area contributed by atoms with Crippen molar-refractivity contribution in [2.24, 2.45) is 0 Å². The predicted octanol–water partition coefficient (Wildman–Crippen LogP) is 2.55. The molecule has 3 rings (SSSR count). The van der Waals surface area contributed by atoms with Crippen LogP contribution in [0.3, 0.4) is 0 Å². The Morgan fingerprint density at radius 3 is 1.78 bits per heavy atom. The monoisotopic (exact) mass is 538 g/mol. The van der Waals surface area contributed by atoms with E-state index >= 15 is 0 Å². The smallest absolute Gasteiger partial charge is 0.337 e. The van der Waals surface area contributed by atoms with Gasteiger partial charge in [0.25, 0.3) is 20.2 Å². The first-order valence-electron chi connectivity index (χ1n) is 9.65. The van der Waals surface area contributed by atoms with E-state index in [4.69, 9.17) is 0 Å². The van der Waals surface area contributed by atoms with E-state index in [1.165, 1.54) is 36.4 Å². The number of fused-ring (bicyclic) bond motifs is 1. The summed E-state index contributed by atoms with van der Waals surface area (Å²) in [5.41, 5.74) is -0.00113. The van der Waals surface area contributed by atoms with Crippen molar-refractivity contribution >= 4 is 60.4 Å². The Kier molecular flexibility index (Phi) is 7.30. The van der Waals surface area contributed by atoms with Gasteiger partial charge in [-0.15, -0.1) is 0 Å². The van der Waals surface area contributed by atoms with Crippen molar-refractivity contribution in [3.8, 4) is 0 Å². The summed E-state index contributed by atoms with van der Waals surface area (Å²) in [5.74, 6) is -1.55. The first-order chi connectivity index (χ1) is 16.7. The van der Waals surface area contributed by atoms with E-state index < -0.39 is 48.0 Å². The molecule has 3 aromatic carbocycles. The van der Waals surface area contributed by atoms with E-state index in [0.717, 1.165) is 20.3 Å². The highest BCUT2D eigenvalue weighted by atomic mass is 32.2. The molecule has 0 heterocycles. The van der Waals surface area contributed by atoms with Gasteiger partial charge in [-0.05, 0) is 47.9 Å². The highest BCUT2D eigenvalue weighted by Crippen LogP contribution is 2.29. The van der Waals surface area contributed by atoms with Gasteiger partial charge in [0, 0.05) is 16.8 Å². The number of nitrogens with one attached hydrogen (secondary N) is 2. The Hall–Kier alpha value is -4.05. The molecule has 190 valence electrons. The van der Waals surface area contributed by atoms with Gasteiger partial charge in [-0.3, -0.25) is 9.11 Å². The second-order valence-electron chi connectivity index (χ2n) is 7.17. The van der Waals surface area contributed by atoms with Crippen molar-refractivity contribution in [1.29, 1.82) is 0 Å². The minimum atomic E-state index is -4.87. The van der Waals surface area contributed by atoms with Crippen LogP contribution in [0.4, 0.5) is 16.2 Å². The Morgan fingerprint density at radius 1 is 0.722 bits per heavy atom. The van der Waals surface area contributed by atoms with Gasteiger partial charge in [-0.25, -0.2) is 14.4 Å². The number of hydrogen-bond donors (Lipinski definition) is 4. The van der Waals surface area contributed by atoms with Gasteiger partial charge >= 0.3 is 18.0 Å². The molecule has 36 heavy (non-hydrogen) atoms. The standard InChI is InChI=1S/C21H18N2O11S2/c1-33-19(24)12-5-13(20(25)34-2)8-15(7-12)23-21(26)22-14-3-4-17-11(6-14)9-16(35(27,28)29)10-18(17)36(30,31)32/h3-10H,1-2H3,(H2,22,23,26)(H,27,28,29)(H,30,31,32). The molecule has 15 heteroatoms. The minimum Gasteiger partial charge on any atom is -0.465 e. The van der Waals surface area contributed by atoms with Crippen LogP contribution in [0.15, 0.2) is 58.3 Å². The Bertz CT molecular complexity index is 1580. The molecule has 0 saturated heterocycles. The topological polar surface area (TPSA) is 202 Å². The summed E-state index contributed by atoms with van der Waals surface area (Å²) in [5, 5.41) is 4.70. The van der Waals surface area contributed by atoms with Crippen LogP contribution in [0.5, 0.6) is 0 Å². The highest BCUT2D eigenvalue weighted by molar-refractivity contribution is 7.86. The SMILES string of the molecule is COC(=O)c1cc(NC(=O)Nc2ccc3c(S(=O)(=O)O)cc(S(=O)(=O)O)cc3c2)cc(C(=O)OC)c1. The Labute approximate surface area is 204 Å². The number of methoxy groups -OCH3 is 2. The van der Waals surface area contributed by atoms with E-state index in [0.29, 0.717) is 6.07 Å². The second kappa shape index (κ2) is 9.90. The van der Waals surface area contributed by atoms with Gasteiger partial charge in [0.2, 0.25) is 0 Å². The lowest BCUT2D eigenvalue weighted by Gasteiger charge is -2.12. The van der Waals surface area contributed by atoms with Crippen LogP contribution in [-0.2, 0) is 29.7 Å². The van der Waals surface area contributed by atoms with Crippen LogP contribution in [0.1, 0.15) is 20.7 Å². The number of rotatable bonds is 6. The quantitative estimate of drug-likeness (QED) is 0.265. The third-order valence-corrected chi connectivity index (χ3v) is 6.48. The van der Waals surface area contributed by atoms with Gasteiger partial charge in [0.1, 0.15) is 4.90 Å². The van der Waals surface area contributed by atoms with Gasteiger partial charge in [0.15, 0.2) is 0 Å². The van der Waals surface area contributed by atoms with Gasteiger partial charge in [-0.2, -0.15) is 16.8 Å². The molecule has 0 aromatic heterocycles. The molecule has 0 atom stereocenters. The zero-order chi connectivity index (χ0) is 26.8. The maximum absolute atomic E-state index is 12.5. The minimum absolute atomic E-state index is 0.0268. The van der Waals surface area contributed by atoms with Gasteiger partial charge in [0.05, 0.1) is 30.2 Å². The summed E-state index contributed by atoms with van der Waals surface area (Å²) < 4.78 is 74.6. The molecule has 4 N–H and O–H groups in total. The number of carbonyl (C=O) groups excluding carboxylic acids is 3. The average Bonchev–Trinajstić information content (AvgIpc) is 2.80. The highest BCUT2D eigenvalue weighted by Gasteiger charge is 2.21. The van der Waals surface area contributed by atoms with Crippen LogP contribution in [0, 0.1) is 0 Å². The van der Waals surface area contributed by atoms with E-state index in [1.54, 1.807) is 0 Å². The lowest BCUT2D eigenvalue weighted by Crippen LogP contribution is -2.20. The molecule has 3 aromatic rings. The molecular formula is C21H18N2O11S2. The van der Waals surface area contributed by atoms with Crippen molar-refractivity contribution in [3.05, 3.63) is 59.7 Å². The molecule has 0 aliphatic rings. The normalized spacial score (nSPS) is 11.6. The molecule has 0 spiro atoms. The molecule has 0 bridgehead atoms. The van der Waals surface area contributed by atoms with Crippen molar-refractivity contribution in [3.63, 3.8) is 0 Å². The van der Waals surface area contributed by atoms with E-state index in [1.807, 2.05) is 0 Å². The molecule has 0 aliphatic heterocycles. The first-order valence-corrected chi connectivity index (χ1v) is 12.5. The summed E-state index contributed by atoms with van der Waals surface area (Å²) in [6.45, 7) is 0. The van der Waals surface area contributed by atoms with Crippen LogP contribution < -0.4 is 10.6 Å². The number of anilines is 2. The predicted molar refractivity (Wildman–Crippen MR) is 125 cm³/mol. The van der Waals surface area contributed by atoms with Crippen LogP contribution in [0.25, 0.3) is 10.8 Å². The summed E-state index contributed by atoms with van der Waals surface area (Å²) in [6.07, 6.45) is 0. The van der Waals surface area contributed by atoms with E-state index in [-0.39, 0.29) is 33.3 Å². The molecule has 0 saturated carbocycles. The number of esters is 2. The maximum atomic E-state index is 12.5. The third kappa shape index (κ3) is 5.95. The van der Waals surface area contributed by atoms with E-state index in [2.05, 4.69) is 20.1 Å². The fourth-order valence-electron chi connectivity index (χ4n) is 3.21. The summed E-state index contributed by atoms with van der Waals surface area (Å²) in [4.78, 5) is 34.8. The van der Waals surface area contributed by atoms with Crippen LogP contribution in [0.2, 0.25) is 0 Å². The Morgan fingerprint density at radius 2 is 1.28 bits per heavy atom. The number of hydrogen-bond acceptors (Lipinski definition) is 9. The number of carbonyl (C=O) groups is 3. The summed E-state index contributed by atoms with van der Waals surface area (Å²) in [6, 6.07) is 8.07. The van der Waals surface area contributed by atoms with Gasteiger partial charge in [-0.1, -0.05) is 6.07 Å². The summed E-state index contributed by atoms with van der Waals surface area (Å²) >= 11 is 0. The van der Waals surface area contributed by atoms with Crippen LogP contribution >= 0.6 is 0 Å². The molecule has 2 amide bonds. The van der Waals surface area contributed by atoms with Crippen LogP contribution in [-0.4, -0.2) is 58.1 Å². The molecule has 13 nitrogen and oxygen atoms in total. The average molecular weight is 539 g/mol. The lowest BCUT2D eigenvalue weighted by atomic mass is 10.1. The number of urea groups is 1. The van der Waals surface area contributed by atoms with Crippen molar-refractivity contribution in [2.75, 3.05) is 24.9 Å². The third-order valence-electron chi connectivity index (χ3n) is 4.75. The fourth-order valence-corrected chi connectivity index (χ4v) is 4.57. The summed E-state index contributed by atoms with van der Waals surface area (Å²) in [7, 11) is -7.43. The van der Waals surface area contributed by atoms with E-state index in [9.17, 15) is 40.3 Å². The molecule has 0 unspecified atom stereocenters. The zero-order valence-corrected chi connectivity index (χ0v) is 20.1. The van der Waals surface area contributed by atoms with Crippen molar-refractivity contribution in [2.45, 2.75) is 9.79 Å². The number of ether oxygens (including phenoxy) is 2. The second-order valence-corrected chi connectivity index (χ2v) is 9.98. The Balaban J connectivity index is 1.97. The fraction of sp³-hybridized carbons (Fsp3) is 0.0952. The molecule has 0 radical (unpaired) electrons. The van der Waals surface area contributed by atoms with Gasteiger partial charge < -0.3 is 20.1 Å². The lowest BCUT2D eigenvalue weighted by molar-refractivity contribution is 0.0599.